The number of benzene rings is 10. The Kier molecular flexibility index (Phi) is 6.97. The molecular weight excluding hydrogens is 725 g/mol. The third kappa shape index (κ3) is 4.69. The van der Waals surface area contributed by atoms with E-state index in [1.165, 1.54) is 121 Å². The van der Waals surface area contributed by atoms with Crippen molar-refractivity contribution in [2.24, 2.45) is 0 Å². The number of hydrogen-bond donors (Lipinski definition) is 0. The lowest BCUT2D eigenvalue weighted by molar-refractivity contribution is 0.660. The molecule has 1 aromatic heterocycles. The third-order valence-electron chi connectivity index (χ3n) is 13.9. The summed E-state index contributed by atoms with van der Waals surface area (Å²) in [6, 6.07) is 65.5. The molecule has 0 bridgehead atoms. The number of allylic oxidation sites excluding steroid dienone is 1. The molecule has 0 radical (unpaired) electrons. The zero-order chi connectivity index (χ0) is 39.7. The predicted molar refractivity (Wildman–Crippen MR) is 255 cm³/mol. The lowest BCUT2D eigenvalue weighted by Crippen LogP contribution is -2.15. The molecule has 0 unspecified atom stereocenters. The molecule has 13 rings (SSSR count). The summed E-state index contributed by atoms with van der Waals surface area (Å²) in [5, 5.41) is 12.7. The first-order valence-corrected chi connectivity index (χ1v) is 21.3. The van der Waals surface area contributed by atoms with Crippen molar-refractivity contribution in [3.63, 3.8) is 0 Å². The van der Waals surface area contributed by atoms with Crippen molar-refractivity contribution >= 4 is 76.7 Å². The SMILES string of the molecule is CC1(C)c2cc(C3=Cc4ccc(-c5c6ccccc6c(-c6cccc7ccccc67)c6ccccc56)cc4CC3)ccc2-c2c1ccc1ccc3oc4ccccc4c3c21. The topological polar surface area (TPSA) is 13.1 Å². The standard InChI is InChI=1S/C59H40O/c1-59(2)50-30-27-36-28-31-53-58(49-19-9-10-21-52(49)60-53)55(36)57(50)48-29-26-40(34-51(48)59)38-22-23-39-33-41(25-24-37(39)32-38)54-44-15-5-7-17-46(44)56(47-18-8-6-16-45(47)54)43-20-11-13-35-12-3-4-14-42(35)43/h3-21,24-34H,22-23H2,1-2H3. The van der Waals surface area contributed by atoms with E-state index in [1.54, 1.807) is 0 Å². The van der Waals surface area contributed by atoms with Gasteiger partial charge in [0.1, 0.15) is 11.2 Å². The lowest BCUT2D eigenvalue weighted by Gasteiger charge is -2.23. The van der Waals surface area contributed by atoms with E-state index in [2.05, 4.69) is 196 Å². The largest absolute Gasteiger partial charge is 0.456 e. The average molecular weight is 765 g/mol. The molecule has 0 atom stereocenters. The molecular formula is C59H40O. The van der Waals surface area contributed by atoms with Crippen molar-refractivity contribution in [3.05, 3.63) is 204 Å². The van der Waals surface area contributed by atoms with Gasteiger partial charge in [0.2, 0.25) is 0 Å². The second-order valence-corrected chi connectivity index (χ2v) is 17.5. The molecule has 60 heavy (non-hydrogen) atoms. The van der Waals surface area contributed by atoms with Crippen LogP contribution in [0.2, 0.25) is 0 Å². The Bertz CT molecular complexity index is 3620. The van der Waals surface area contributed by atoms with Gasteiger partial charge in [-0.05, 0) is 136 Å². The van der Waals surface area contributed by atoms with Gasteiger partial charge in [0.15, 0.2) is 0 Å². The van der Waals surface area contributed by atoms with Gasteiger partial charge in [-0.15, -0.1) is 0 Å². The Morgan fingerprint density at radius 2 is 1.08 bits per heavy atom. The molecule has 0 amide bonds. The summed E-state index contributed by atoms with van der Waals surface area (Å²) in [5.74, 6) is 0. The monoisotopic (exact) mass is 764 g/mol. The fourth-order valence-electron chi connectivity index (χ4n) is 11.1. The van der Waals surface area contributed by atoms with Crippen LogP contribution in [0.3, 0.4) is 0 Å². The highest BCUT2D eigenvalue weighted by Gasteiger charge is 2.37. The van der Waals surface area contributed by atoms with E-state index in [4.69, 9.17) is 4.42 Å². The van der Waals surface area contributed by atoms with Crippen molar-refractivity contribution in [2.75, 3.05) is 0 Å². The van der Waals surface area contributed by atoms with E-state index >= 15 is 0 Å². The molecule has 1 nitrogen and oxygen atoms in total. The number of fused-ring (bicyclic) bond motifs is 13. The number of furan rings is 1. The van der Waals surface area contributed by atoms with Gasteiger partial charge in [0, 0.05) is 21.6 Å². The van der Waals surface area contributed by atoms with E-state index in [9.17, 15) is 0 Å². The summed E-state index contributed by atoms with van der Waals surface area (Å²) in [7, 11) is 0. The summed E-state index contributed by atoms with van der Waals surface area (Å²) in [6.45, 7) is 4.80. The molecule has 0 fully saturated rings. The van der Waals surface area contributed by atoms with Crippen LogP contribution in [0.15, 0.2) is 180 Å². The van der Waals surface area contributed by atoms with Crippen LogP contribution in [0, 0.1) is 0 Å². The minimum absolute atomic E-state index is 0.132. The van der Waals surface area contributed by atoms with Crippen LogP contribution in [-0.2, 0) is 11.8 Å². The highest BCUT2D eigenvalue weighted by atomic mass is 16.3. The van der Waals surface area contributed by atoms with Crippen LogP contribution in [0.25, 0.3) is 110 Å². The Hall–Kier alpha value is -7.22. The zero-order valence-electron chi connectivity index (χ0n) is 33.6. The second-order valence-electron chi connectivity index (χ2n) is 17.5. The van der Waals surface area contributed by atoms with E-state index in [1.807, 2.05) is 0 Å². The van der Waals surface area contributed by atoms with Gasteiger partial charge in [0.25, 0.3) is 0 Å². The maximum atomic E-state index is 6.38. The minimum atomic E-state index is -0.132. The number of para-hydroxylation sites is 1. The fraction of sp³-hybridized carbons (Fsp3) is 0.0847. The molecule has 1 heteroatoms. The maximum Gasteiger partial charge on any atom is 0.136 e. The molecule has 0 aliphatic heterocycles. The lowest BCUT2D eigenvalue weighted by atomic mass is 9.80. The highest BCUT2D eigenvalue weighted by molar-refractivity contribution is 6.25. The first-order valence-electron chi connectivity index (χ1n) is 21.3. The Morgan fingerprint density at radius 1 is 0.417 bits per heavy atom. The molecule has 11 aromatic rings. The van der Waals surface area contributed by atoms with E-state index in [0.29, 0.717) is 0 Å². The van der Waals surface area contributed by atoms with Gasteiger partial charge in [-0.25, -0.2) is 0 Å². The van der Waals surface area contributed by atoms with Crippen LogP contribution >= 0.6 is 0 Å². The van der Waals surface area contributed by atoms with Crippen LogP contribution in [-0.4, -0.2) is 0 Å². The van der Waals surface area contributed by atoms with Crippen LogP contribution in [0.1, 0.15) is 48.1 Å². The summed E-state index contributed by atoms with van der Waals surface area (Å²) >= 11 is 0. The highest BCUT2D eigenvalue weighted by Crippen LogP contribution is 2.54. The fourth-order valence-corrected chi connectivity index (χ4v) is 11.1. The predicted octanol–water partition coefficient (Wildman–Crippen LogP) is 16.3. The smallest absolute Gasteiger partial charge is 0.136 e. The average Bonchev–Trinajstić information content (AvgIpc) is 3.79. The Balaban J connectivity index is 0.926. The van der Waals surface area contributed by atoms with Gasteiger partial charge in [-0.2, -0.15) is 0 Å². The molecule has 0 saturated heterocycles. The van der Waals surface area contributed by atoms with Crippen LogP contribution < -0.4 is 0 Å². The molecule has 0 N–H and O–H groups in total. The second kappa shape index (κ2) is 12.4. The van der Waals surface area contributed by atoms with Gasteiger partial charge in [0.05, 0.1) is 0 Å². The van der Waals surface area contributed by atoms with Crippen molar-refractivity contribution in [1.29, 1.82) is 0 Å². The summed E-state index contributed by atoms with van der Waals surface area (Å²) in [5.41, 5.74) is 17.9. The van der Waals surface area contributed by atoms with Gasteiger partial charge >= 0.3 is 0 Å². The van der Waals surface area contributed by atoms with Gasteiger partial charge in [-0.1, -0.05) is 178 Å². The molecule has 10 aromatic carbocycles. The maximum absolute atomic E-state index is 6.38. The molecule has 1 heterocycles. The normalized spacial score (nSPS) is 14.3. The van der Waals surface area contributed by atoms with E-state index in [0.717, 1.165) is 24.0 Å². The summed E-state index contributed by atoms with van der Waals surface area (Å²) < 4.78 is 6.38. The van der Waals surface area contributed by atoms with Crippen LogP contribution in [0.5, 0.6) is 0 Å². The first kappa shape index (κ1) is 33.7. The van der Waals surface area contributed by atoms with Crippen molar-refractivity contribution < 1.29 is 4.42 Å². The van der Waals surface area contributed by atoms with Gasteiger partial charge < -0.3 is 4.42 Å². The Morgan fingerprint density at radius 3 is 1.88 bits per heavy atom. The number of aryl methyl sites for hydroxylation is 1. The van der Waals surface area contributed by atoms with Crippen molar-refractivity contribution in [2.45, 2.75) is 32.1 Å². The van der Waals surface area contributed by atoms with Crippen molar-refractivity contribution in [3.8, 4) is 33.4 Å². The van der Waals surface area contributed by atoms with E-state index in [-0.39, 0.29) is 5.41 Å². The van der Waals surface area contributed by atoms with E-state index < -0.39 is 0 Å². The zero-order valence-corrected chi connectivity index (χ0v) is 33.6. The quantitative estimate of drug-likeness (QED) is 0.163. The molecule has 0 spiro atoms. The summed E-state index contributed by atoms with van der Waals surface area (Å²) in [4.78, 5) is 0. The molecule has 2 aliphatic rings. The van der Waals surface area contributed by atoms with Crippen LogP contribution in [0.4, 0.5) is 0 Å². The number of rotatable bonds is 3. The number of hydrogen-bond acceptors (Lipinski definition) is 1. The Labute approximate surface area is 348 Å². The molecule has 282 valence electrons. The van der Waals surface area contributed by atoms with Gasteiger partial charge in [-0.3, -0.25) is 0 Å². The first-order chi connectivity index (χ1) is 29.5. The third-order valence-corrected chi connectivity index (χ3v) is 13.9. The molecule has 0 saturated carbocycles. The minimum Gasteiger partial charge on any atom is -0.456 e. The summed E-state index contributed by atoms with van der Waals surface area (Å²) in [6.07, 6.45) is 4.47. The molecule has 2 aliphatic carbocycles. The van der Waals surface area contributed by atoms with Crippen molar-refractivity contribution in [1.82, 2.24) is 0 Å².